The van der Waals surface area contributed by atoms with Gasteiger partial charge in [0.1, 0.15) is 11.6 Å². The van der Waals surface area contributed by atoms with Crippen molar-refractivity contribution < 1.29 is 4.74 Å². The summed E-state index contributed by atoms with van der Waals surface area (Å²) < 4.78 is 7.48. The molecule has 102 valence electrons. The molecule has 4 heteroatoms. The highest BCUT2D eigenvalue weighted by Crippen LogP contribution is 2.24. The van der Waals surface area contributed by atoms with Gasteiger partial charge in [-0.25, -0.2) is 4.98 Å². The van der Waals surface area contributed by atoms with Crippen LogP contribution in [0.2, 0.25) is 0 Å². The summed E-state index contributed by atoms with van der Waals surface area (Å²) in [5.74, 6) is 1.98. The van der Waals surface area contributed by atoms with Crippen LogP contribution in [0.25, 0.3) is 0 Å². The van der Waals surface area contributed by atoms with Gasteiger partial charge in [-0.05, 0) is 24.6 Å². The van der Waals surface area contributed by atoms with Crippen LogP contribution >= 0.6 is 0 Å². The first kappa shape index (κ1) is 13.6. The van der Waals surface area contributed by atoms with Crippen LogP contribution in [0.4, 0.5) is 0 Å². The lowest BCUT2D eigenvalue weighted by atomic mass is 10.0. The number of likely N-dealkylation sites (N-methyl/N-ethyl adjacent to an activating group) is 1. The quantitative estimate of drug-likeness (QED) is 0.865. The monoisotopic (exact) mass is 259 g/mol. The van der Waals surface area contributed by atoms with E-state index in [1.54, 1.807) is 7.11 Å². The molecule has 1 N–H and O–H groups in total. The fourth-order valence-electron chi connectivity index (χ4n) is 2.31. The summed E-state index contributed by atoms with van der Waals surface area (Å²) in [5.41, 5.74) is 1.19. The molecular weight excluding hydrogens is 238 g/mol. The maximum atomic E-state index is 5.42. The van der Waals surface area contributed by atoms with E-state index in [1.807, 2.05) is 37.6 Å². The Kier molecular flexibility index (Phi) is 4.58. The number of para-hydroxylation sites is 1. The van der Waals surface area contributed by atoms with E-state index in [0.717, 1.165) is 24.5 Å². The third-order valence-corrected chi connectivity index (χ3v) is 3.24. The minimum absolute atomic E-state index is 0.196. The van der Waals surface area contributed by atoms with E-state index in [-0.39, 0.29) is 6.04 Å². The lowest BCUT2D eigenvalue weighted by Crippen LogP contribution is -2.25. The number of imidazole rings is 1. The smallest absolute Gasteiger partial charge is 0.125 e. The van der Waals surface area contributed by atoms with Gasteiger partial charge < -0.3 is 14.6 Å². The zero-order valence-corrected chi connectivity index (χ0v) is 11.8. The average molecular weight is 259 g/mol. The van der Waals surface area contributed by atoms with Crippen molar-refractivity contribution in [1.29, 1.82) is 0 Å². The van der Waals surface area contributed by atoms with E-state index in [2.05, 4.69) is 27.9 Å². The zero-order valence-electron chi connectivity index (χ0n) is 11.8. The van der Waals surface area contributed by atoms with Gasteiger partial charge in [-0.3, -0.25) is 0 Å². The van der Waals surface area contributed by atoms with E-state index >= 15 is 0 Å². The molecule has 19 heavy (non-hydrogen) atoms. The molecule has 0 fully saturated rings. The molecule has 1 unspecified atom stereocenters. The standard InChI is InChI=1S/C15H21N3O/c1-4-16-13(15-17-9-10-18(15)2)11-12-7-5-6-8-14(12)19-3/h5-10,13,16H,4,11H2,1-3H3. The number of methoxy groups -OCH3 is 1. The average Bonchev–Trinajstić information content (AvgIpc) is 2.85. The van der Waals surface area contributed by atoms with E-state index < -0.39 is 0 Å². The summed E-state index contributed by atoms with van der Waals surface area (Å²) in [5, 5.41) is 3.49. The molecular formula is C15H21N3O. The number of hydrogen-bond acceptors (Lipinski definition) is 3. The molecule has 1 heterocycles. The van der Waals surface area contributed by atoms with Crippen LogP contribution in [0.1, 0.15) is 24.4 Å². The fourth-order valence-corrected chi connectivity index (χ4v) is 2.31. The molecule has 0 saturated heterocycles. The first-order chi connectivity index (χ1) is 9.26. The topological polar surface area (TPSA) is 39.1 Å². The van der Waals surface area contributed by atoms with E-state index in [4.69, 9.17) is 4.74 Å². The van der Waals surface area contributed by atoms with Crippen molar-refractivity contribution in [3.05, 3.63) is 48.0 Å². The predicted molar refractivity (Wildman–Crippen MR) is 76.3 cm³/mol. The highest BCUT2D eigenvalue weighted by Gasteiger charge is 2.17. The van der Waals surface area contributed by atoms with Crippen LogP contribution in [-0.4, -0.2) is 23.2 Å². The minimum Gasteiger partial charge on any atom is -0.496 e. The van der Waals surface area contributed by atoms with Gasteiger partial charge in [-0.1, -0.05) is 25.1 Å². The van der Waals surface area contributed by atoms with Crippen molar-refractivity contribution in [2.75, 3.05) is 13.7 Å². The fraction of sp³-hybridized carbons (Fsp3) is 0.400. The van der Waals surface area contributed by atoms with Crippen molar-refractivity contribution in [3.63, 3.8) is 0 Å². The number of nitrogens with one attached hydrogen (secondary N) is 1. The Labute approximate surface area is 114 Å². The number of aryl methyl sites for hydroxylation is 1. The van der Waals surface area contributed by atoms with Crippen LogP contribution in [0.5, 0.6) is 5.75 Å². The van der Waals surface area contributed by atoms with E-state index in [9.17, 15) is 0 Å². The van der Waals surface area contributed by atoms with Gasteiger partial charge in [0.05, 0.1) is 13.2 Å². The molecule has 0 aliphatic rings. The first-order valence-corrected chi connectivity index (χ1v) is 6.58. The SMILES string of the molecule is CCNC(Cc1ccccc1OC)c1nccn1C. The van der Waals surface area contributed by atoms with Gasteiger partial charge in [-0.15, -0.1) is 0 Å². The predicted octanol–water partition coefficient (Wildman–Crippen LogP) is 2.32. The third kappa shape index (κ3) is 3.15. The van der Waals surface area contributed by atoms with Gasteiger partial charge in [-0.2, -0.15) is 0 Å². The molecule has 0 bridgehead atoms. The molecule has 0 spiro atoms. The lowest BCUT2D eigenvalue weighted by Gasteiger charge is -2.19. The number of hydrogen-bond donors (Lipinski definition) is 1. The molecule has 0 aliphatic carbocycles. The third-order valence-electron chi connectivity index (χ3n) is 3.24. The maximum Gasteiger partial charge on any atom is 0.125 e. The van der Waals surface area contributed by atoms with Crippen LogP contribution in [0.15, 0.2) is 36.7 Å². The molecule has 4 nitrogen and oxygen atoms in total. The maximum absolute atomic E-state index is 5.42. The summed E-state index contributed by atoms with van der Waals surface area (Å²) in [7, 11) is 3.73. The molecule has 0 aliphatic heterocycles. The Morgan fingerprint density at radius 2 is 2.16 bits per heavy atom. The Hall–Kier alpha value is -1.81. The van der Waals surface area contributed by atoms with Gasteiger partial charge in [0.25, 0.3) is 0 Å². The van der Waals surface area contributed by atoms with Crippen molar-refractivity contribution in [1.82, 2.24) is 14.9 Å². The second kappa shape index (κ2) is 6.38. The minimum atomic E-state index is 0.196. The molecule has 0 amide bonds. The van der Waals surface area contributed by atoms with Crippen LogP contribution < -0.4 is 10.1 Å². The summed E-state index contributed by atoms with van der Waals surface area (Å²) in [4.78, 5) is 4.45. The van der Waals surface area contributed by atoms with Crippen molar-refractivity contribution in [2.45, 2.75) is 19.4 Å². The molecule has 1 aromatic carbocycles. The number of ether oxygens (including phenoxy) is 1. The second-order valence-corrected chi connectivity index (χ2v) is 4.52. The Bertz CT molecular complexity index is 522. The van der Waals surface area contributed by atoms with E-state index in [1.165, 1.54) is 5.56 Å². The number of nitrogens with zero attached hydrogens (tertiary/aromatic N) is 2. The zero-order chi connectivity index (χ0) is 13.7. The largest absolute Gasteiger partial charge is 0.496 e. The number of aromatic nitrogens is 2. The van der Waals surface area contributed by atoms with Gasteiger partial charge >= 0.3 is 0 Å². The molecule has 2 aromatic rings. The summed E-state index contributed by atoms with van der Waals surface area (Å²) >= 11 is 0. The summed E-state index contributed by atoms with van der Waals surface area (Å²) in [6, 6.07) is 8.33. The Balaban J connectivity index is 2.24. The highest BCUT2D eigenvalue weighted by atomic mass is 16.5. The molecule has 2 rings (SSSR count). The van der Waals surface area contributed by atoms with Crippen molar-refractivity contribution >= 4 is 0 Å². The Morgan fingerprint density at radius 3 is 2.79 bits per heavy atom. The molecule has 0 radical (unpaired) electrons. The van der Waals surface area contributed by atoms with Crippen LogP contribution in [0.3, 0.4) is 0 Å². The number of benzene rings is 1. The Morgan fingerprint density at radius 1 is 1.37 bits per heavy atom. The van der Waals surface area contributed by atoms with Gasteiger partial charge in [0, 0.05) is 19.4 Å². The number of rotatable bonds is 6. The van der Waals surface area contributed by atoms with Crippen molar-refractivity contribution in [3.8, 4) is 5.75 Å². The van der Waals surface area contributed by atoms with Crippen LogP contribution in [-0.2, 0) is 13.5 Å². The van der Waals surface area contributed by atoms with Gasteiger partial charge in [0.15, 0.2) is 0 Å². The first-order valence-electron chi connectivity index (χ1n) is 6.58. The van der Waals surface area contributed by atoms with Crippen LogP contribution in [0, 0.1) is 0 Å². The highest BCUT2D eigenvalue weighted by molar-refractivity contribution is 5.34. The van der Waals surface area contributed by atoms with E-state index in [0.29, 0.717) is 0 Å². The summed E-state index contributed by atoms with van der Waals surface area (Å²) in [6.07, 6.45) is 4.67. The lowest BCUT2D eigenvalue weighted by molar-refractivity contribution is 0.404. The second-order valence-electron chi connectivity index (χ2n) is 4.52. The summed E-state index contributed by atoms with van der Waals surface area (Å²) in [6.45, 7) is 3.02. The van der Waals surface area contributed by atoms with Gasteiger partial charge in [0.2, 0.25) is 0 Å². The molecule has 1 atom stereocenters. The van der Waals surface area contributed by atoms with Crippen molar-refractivity contribution in [2.24, 2.45) is 7.05 Å². The molecule has 1 aromatic heterocycles. The molecule has 0 saturated carbocycles. The normalized spacial score (nSPS) is 12.4.